The Bertz CT molecular complexity index is 1240. The topological polar surface area (TPSA) is 121 Å². The van der Waals surface area contributed by atoms with Gasteiger partial charge in [-0.3, -0.25) is 19.2 Å². The summed E-state index contributed by atoms with van der Waals surface area (Å²) >= 11 is 0. The molecule has 1 aliphatic carbocycles. The van der Waals surface area contributed by atoms with Crippen LogP contribution in [-0.4, -0.2) is 65.7 Å². The van der Waals surface area contributed by atoms with Crippen LogP contribution < -0.4 is 15.4 Å². The van der Waals surface area contributed by atoms with Crippen molar-refractivity contribution in [2.45, 2.75) is 57.5 Å². The first-order valence-electron chi connectivity index (χ1n) is 13.1. The lowest BCUT2D eigenvalue weighted by Crippen LogP contribution is -2.53. The highest BCUT2D eigenvalue weighted by molar-refractivity contribution is 6.03. The smallest absolute Gasteiger partial charge is 0.274 e. The molecule has 1 aromatic heterocycles. The summed E-state index contributed by atoms with van der Waals surface area (Å²) < 4.78 is 20.8. The number of H-pyrrole nitrogens is 1. The van der Waals surface area contributed by atoms with E-state index in [1.165, 1.54) is 12.0 Å². The van der Waals surface area contributed by atoms with Gasteiger partial charge in [0.2, 0.25) is 11.8 Å². The summed E-state index contributed by atoms with van der Waals surface area (Å²) in [5.74, 6) is -1.91. The summed E-state index contributed by atoms with van der Waals surface area (Å²) in [6.07, 6.45) is 3.70. The van der Waals surface area contributed by atoms with Gasteiger partial charge in [-0.1, -0.05) is 19.4 Å². The van der Waals surface area contributed by atoms with Crippen molar-refractivity contribution in [3.8, 4) is 5.75 Å². The number of nitrogens with one attached hydrogen (secondary N) is 3. The highest BCUT2D eigenvalue weighted by Crippen LogP contribution is 2.43. The van der Waals surface area contributed by atoms with Gasteiger partial charge in [0, 0.05) is 25.4 Å². The zero-order chi connectivity index (χ0) is 26.3. The van der Waals surface area contributed by atoms with Crippen molar-refractivity contribution in [1.29, 1.82) is 0 Å². The number of aromatic amines is 1. The summed E-state index contributed by atoms with van der Waals surface area (Å²) in [6.45, 7) is 2.63. The maximum absolute atomic E-state index is 15.5. The first kappa shape index (κ1) is 25.2. The SMILES string of the molecule is CCC(=O)[C@H](C[C@@H]1CCNC1=O)NC(=O)[C@@H]1[C@H]2CCC[C@H]2CN1C(=O)c1[nH]c2cccc(OC)c2c1F. The zero-order valence-corrected chi connectivity index (χ0v) is 21.1. The minimum atomic E-state index is -0.808. The van der Waals surface area contributed by atoms with E-state index in [0.717, 1.165) is 19.3 Å². The van der Waals surface area contributed by atoms with E-state index in [1.807, 2.05) is 0 Å². The maximum Gasteiger partial charge on any atom is 0.274 e. The van der Waals surface area contributed by atoms with E-state index in [4.69, 9.17) is 4.74 Å². The van der Waals surface area contributed by atoms with Crippen LogP contribution in [-0.2, 0) is 14.4 Å². The van der Waals surface area contributed by atoms with Gasteiger partial charge in [0.25, 0.3) is 5.91 Å². The summed E-state index contributed by atoms with van der Waals surface area (Å²) in [5.41, 5.74) is 0.227. The quantitative estimate of drug-likeness (QED) is 0.502. The predicted molar refractivity (Wildman–Crippen MR) is 133 cm³/mol. The predicted octanol–water partition coefficient (Wildman–Crippen LogP) is 2.55. The van der Waals surface area contributed by atoms with E-state index in [1.54, 1.807) is 25.1 Å². The molecule has 3 aliphatic rings. The molecule has 0 bridgehead atoms. The molecule has 5 rings (SSSR count). The molecule has 3 fully saturated rings. The van der Waals surface area contributed by atoms with Gasteiger partial charge in [-0.15, -0.1) is 0 Å². The Labute approximate surface area is 214 Å². The number of ether oxygens (including phenoxy) is 1. The van der Waals surface area contributed by atoms with Crippen molar-refractivity contribution in [2.24, 2.45) is 17.8 Å². The van der Waals surface area contributed by atoms with E-state index in [9.17, 15) is 19.2 Å². The number of carbonyl (C=O) groups excluding carboxylic acids is 4. The number of hydrogen-bond donors (Lipinski definition) is 3. The van der Waals surface area contributed by atoms with Crippen LogP contribution in [0.3, 0.4) is 0 Å². The molecule has 0 unspecified atom stereocenters. The number of nitrogens with zero attached hydrogens (tertiary/aromatic N) is 1. The third-order valence-corrected chi connectivity index (χ3v) is 8.32. The van der Waals surface area contributed by atoms with Crippen molar-refractivity contribution >= 4 is 34.4 Å². The molecule has 1 saturated carbocycles. The summed E-state index contributed by atoms with van der Waals surface area (Å²) in [5, 5.41) is 5.84. The molecule has 0 spiro atoms. The van der Waals surface area contributed by atoms with Gasteiger partial charge < -0.3 is 25.3 Å². The minimum absolute atomic E-state index is 0.0573. The molecule has 3 heterocycles. The van der Waals surface area contributed by atoms with Gasteiger partial charge in [-0.25, -0.2) is 4.39 Å². The molecule has 37 heavy (non-hydrogen) atoms. The third-order valence-electron chi connectivity index (χ3n) is 8.32. The Morgan fingerprint density at radius 1 is 1.24 bits per heavy atom. The fourth-order valence-electron chi connectivity index (χ4n) is 6.42. The van der Waals surface area contributed by atoms with E-state index in [-0.39, 0.29) is 53.4 Å². The van der Waals surface area contributed by atoms with Crippen LogP contribution in [0, 0.1) is 23.6 Å². The second kappa shape index (κ2) is 10.1. The van der Waals surface area contributed by atoms with Crippen LogP contribution in [0.5, 0.6) is 5.75 Å². The number of halogens is 1. The van der Waals surface area contributed by atoms with E-state index >= 15 is 4.39 Å². The first-order valence-corrected chi connectivity index (χ1v) is 13.1. The van der Waals surface area contributed by atoms with Gasteiger partial charge >= 0.3 is 0 Å². The lowest BCUT2D eigenvalue weighted by molar-refractivity contribution is -0.132. The molecule has 3 amide bonds. The molecule has 5 atom stereocenters. The number of amides is 3. The van der Waals surface area contributed by atoms with Gasteiger partial charge in [-0.05, 0) is 49.7 Å². The van der Waals surface area contributed by atoms with Crippen LogP contribution >= 0.6 is 0 Å². The second-order valence-electron chi connectivity index (χ2n) is 10.3. The first-order chi connectivity index (χ1) is 17.8. The van der Waals surface area contributed by atoms with Crippen molar-refractivity contribution in [3.63, 3.8) is 0 Å². The third kappa shape index (κ3) is 4.46. The number of aromatic nitrogens is 1. The fourth-order valence-corrected chi connectivity index (χ4v) is 6.42. The maximum atomic E-state index is 15.5. The molecule has 198 valence electrons. The highest BCUT2D eigenvalue weighted by Gasteiger charge is 2.50. The monoisotopic (exact) mass is 512 g/mol. The number of hydrogen-bond acceptors (Lipinski definition) is 5. The molecule has 2 aromatic rings. The fraction of sp³-hybridized carbons (Fsp3) is 0.556. The lowest BCUT2D eigenvalue weighted by atomic mass is 9.91. The molecular formula is C27H33FN4O5. The number of fused-ring (bicyclic) bond motifs is 2. The molecule has 1 aromatic carbocycles. The van der Waals surface area contributed by atoms with Gasteiger partial charge in [0.1, 0.15) is 17.5 Å². The lowest BCUT2D eigenvalue weighted by Gasteiger charge is -2.29. The van der Waals surface area contributed by atoms with Crippen LogP contribution in [0.15, 0.2) is 18.2 Å². The normalized spacial score (nSPS) is 25.7. The van der Waals surface area contributed by atoms with Crippen molar-refractivity contribution in [3.05, 3.63) is 29.7 Å². The Morgan fingerprint density at radius 3 is 2.76 bits per heavy atom. The number of Topliss-reactive ketones (excluding diaryl/α,β-unsaturated/α-hetero) is 1. The molecule has 2 saturated heterocycles. The number of ketones is 1. The van der Waals surface area contributed by atoms with Crippen LogP contribution in [0.2, 0.25) is 0 Å². The average Bonchev–Trinajstić information content (AvgIpc) is 3.66. The van der Waals surface area contributed by atoms with E-state index in [2.05, 4.69) is 15.6 Å². The number of rotatable bonds is 8. The van der Waals surface area contributed by atoms with E-state index in [0.29, 0.717) is 30.8 Å². The summed E-state index contributed by atoms with van der Waals surface area (Å²) in [4.78, 5) is 56.6. The number of likely N-dealkylation sites (tertiary alicyclic amines) is 1. The van der Waals surface area contributed by atoms with Gasteiger partial charge in [0.15, 0.2) is 11.6 Å². The van der Waals surface area contributed by atoms with Crippen LogP contribution in [0.1, 0.15) is 55.9 Å². The zero-order valence-electron chi connectivity index (χ0n) is 21.1. The second-order valence-corrected chi connectivity index (χ2v) is 10.3. The Kier molecular flexibility index (Phi) is 6.92. The molecule has 0 radical (unpaired) electrons. The molecular weight excluding hydrogens is 479 g/mol. The van der Waals surface area contributed by atoms with Gasteiger partial charge in [0.05, 0.1) is 24.1 Å². The minimum Gasteiger partial charge on any atom is -0.496 e. The van der Waals surface area contributed by atoms with E-state index < -0.39 is 29.7 Å². The molecule has 9 nitrogen and oxygen atoms in total. The number of carbonyl (C=O) groups is 4. The average molecular weight is 513 g/mol. The largest absolute Gasteiger partial charge is 0.496 e. The van der Waals surface area contributed by atoms with Gasteiger partial charge in [-0.2, -0.15) is 0 Å². The van der Waals surface area contributed by atoms with Crippen molar-refractivity contribution in [1.82, 2.24) is 20.5 Å². The van der Waals surface area contributed by atoms with Crippen molar-refractivity contribution in [2.75, 3.05) is 20.2 Å². The number of benzene rings is 1. The summed E-state index contributed by atoms with van der Waals surface area (Å²) in [6, 6.07) is 3.38. The Balaban J connectivity index is 1.42. The Hall–Kier alpha value is -3.43. The highest BCUT2D eigenvalue weighted by atomic mass is 19.1. The molecule has 3 N–H and O–H groups in total. The van der Waals surface area contributed by atoms with Crippen molar-refractivity contribution < 1.29 is 28.3 Å². The molecule has 10 heteroatoms. The summed E-state index contributed by atoms with van der Waals surface area (Å²) in [7, 11) is 1.44. The van der Waals surface area contributed by atoms with Crippen LogP contribution in [0.4, 0.5) is 4.39 Å². The van der Waals surface area contributed by atoms with Crippen LogP contribution in [0.25, 0.3) is 10.9 Å². The molecule has 2 aliphatic heterocycles. The standard InChI is InChI=1S/C27H33FN4O5/c1-3-19(33)18(12-14-10-11-29-25(14)34)31-26(35)24-16-7-4-6-15(16)13-32(24)27(36)23-22(28)21-17(30-23)8-5-9-20(21)37-2/h5,8-9,14-16,18,24,30H,3-4,6-7,10-13H2,1-2H3,(H,29,34)(H,31,35)/t14-,15-,16-,18-,24-/m0/s1. The Morgan fingerprint density at radius 2 is 2.05 bits per heavy atom. The number of methoxy groups -OCH3 is 1.